The zero-order valence-electron chi connectivity index (χ0n) is 20.6. The third-order valence-electron chi connectivity index (χ3n) is 6.00. The number of hydrogen-bond acceptors (Lipinski definition) is 7. The Labute approximate surface area is 218 Å². The minimum atomic E-state index is -3.94. The summed E-state index contributed by atoms with van der Waals surface area (Å²) in [4.78, 5) is 16.4. The van der Waals surface area contributed by atoms with Crippen LogP contribution in [0, 0.1) is 6.67 Å². The van der Waals surface area contributed by atoms with Gasteiger partial charge in [-0.25, -0.2) is 17.9 Å². The number of nitrogens with one attached hydrogen (secondary N) is 1. The molecule has 3 N–H and O–H groups in total. The van der Waals surface area contributed by atoms with Crippen molar-refractivity contribution in [1.82, 2.24) is 14.5 Å². The average Bonchev–Trinajstić information content (AvgIpc) is 3.35. The van der Waals surface area contributed by atoms with E-state index < -0.39 is 28.1 Å². The van der Waals surface area contributed by atoms with Crippen LogP contribution in [0.5, 0.6) is 0 Å². The summed E-state index contributed by atoms with van der Waals surface area (Å²) in [6, 6.07) is 23.0. The van der Waals surface area contributed by atoms with Gasteiger partial charge in [0.15, 0.2) is 0 Å². The van der Waals surface area contributed by atoms with Crippen molar-refractivity contribution in [3.63, 3.8) is 0 Å². The maximum absolute atomic E-state index is 13.3. The molecule has 0 saturated heterocycles. The molecule has 3 aromatic carbocycles. The summed E-state index contributed by atoms with van der Waals surface area (Å²) in [6.07, 6.45) is 4.55. The Morgan fingerprint density at radius 3 is 2.14 bits per heavy atom. The number of ether oxygens (including phenoxy) is 1. The highest BCUT2D eigenvalue weighted by atomic mass is 32.2. The summed E-state index contributed by atoms with van der Waals surface area (Å²) < 4.78 is 34.7. The molecule has 0 aromatic heterocycles. The van der Waals surface area contributed by atoms with Crippen molar-refractivity contribution in [2.75, 3.05) is 20.2 Å². The highest BCUT2D eigenvalue weighted by Crippen LogP contribution is 2.28. The maximum atomic E-state index is 13.3. The summed E-state index contributed by atoms with van der Waals surface area (Å²) in [5.41, 5.74) is 8.36. The van der Waals surface area contributed by atoms with Gasteiger partial charge in [-0.3, -0.25) is 0 Å². The SMILES string of the molecule is CN1[CH]N(CCCOC(=O)c2ccc(S(=O)(=O)N[C@@H](c3ccccc3)[C@@H](N)c3ccccc3)cc2)C=C1. The Kier molecular flexibility index (Phi) is 8.60. The van der Waals surface area contributed by atoms with Gasteiger partial charge in [-0.1, -0.05) is 60.7 Å². The first-order valence-electron chi connectivity index (χ1n) is 12.0. The van der Waals surface area contributed by atoms with E-state index in [4.69, 9.17) is 10.5 Å². The van der Waals surface area contributed by atoms with Crippen LogP contribution in [0.3, 0.4) is 0 Å². The Balaban J connectivity index is 1.40. The van der Waals surface area contributed by atoms with Crippen LogP contribution in [0.25, 0.3) is 0 Å². The van der Waals surface area contributed by atoms with Crippen LogP contribution < -0.4 is 10.5 Å². The highest BCUT2D eigenvalue weighted by molar-refractivity contribution is 7.89. The highest BCUT2D eigenvalue weighted by Gasteiger charge is 2.27. The molecule has 4 rings (SSSR count). The lowest BCUT2D eigenvalue weighted by molar-refractivity contribution is 0.0494. The van der Waals surface area contributed by atoms with E-state index in [9.17, 15) is 13.2 Å². The molecule has 0 bridgehead atoms. The molecule has 1 radical (unpaired) electrons. The topological polar surface area (TPSA) is 105 Å². The molecular formula is C28H31N4O4S. The molecule has 0 amide bonds. The van der Waals surface area contributed by atoms with E-state index in [-0.39, 0.29) is 17.1 Å². The summed E-state index contributed by atoms with van der Waals surface area (Å²) in [5.74, 6) is -0.497. The smallest absolute Gasteiger partial charge is 0.338 e. The molecule has 0 aliphatic carbocycles. The van der Waals surface area contributed by atoms with Gasteiger partial charge >= 0.3 is 5.97 Å². The van der Waals surface area contributed by atoms with E-state index in [1.54, 1.807) is 0 Å². The van der Waals surface area contributed by atoms with Gasteiger partial charge in [-0.05, 0) is 41.8 Å². The largest absolute Gasteiger partial charge is 0.462 e. The van der Waals surface area contributed by atoms with Crippen molar-refractivity contribution in [1.29, 1.82) is 0 Å². The van der Waals surface area contributed by atoms with Crippen molar-refractivity contribution in [2.45, 2.75) is 23.4 Å². The van der Waals surface area contributed by atoms with Crippen molar-refractivity contribution in [2.24, 2.45) is 5.73 Å². The van der Waals surface area contributed by atoms with E-state index in [0.29, 0.717) is 6.42 Å². The van der Waals surface area contributed by atoms with Gasteiger partial charge in [0.25, 0.3) is 0 Å². The van der Waals surface area contributed by atoms with Crippen molar-refractivity contribution < 1.29 is 17.9 Å². The monoisotopic (exact) mass is 519 g/mol. The standard InChI is InChI=1S/C28H31N4O4S/c1-31-18-19-32(21-31)17-8-20-36-28(33)24-13-15-25(16-14-24)37(34,35)30-27(23-11-6-3-7-12-23)26(29)22-9-4-2-5-10-22/h2-7,9-16,18-19,21,26-27,30H,8,17,20,29H2,1H3/t26-,27-/m0/s1. The predicted molar refractivity (Wildman–Crippen MR) is 142 cm³/mol. The lowest BCUT2D eigenvalue weighted by atomic mass is 9.95. The molecule has 193 valence electrons. The molecule has 0 saturated carbocycles. The number of sulfonamides is 1. The zero-order valence-corrected chi connectivity index (χ0v) is 21.4. The van der Waals surface area contributed by atoms with Crippen LogP contribution in [0.15, 0.2) is 102 Å². The number of nitrogens with two attached hydrogens (primary N) is 1. The molecular weight excluding hydrogens is 488 g/mol. The van der Waals surface area contributed by atoms with Crippen molar-refractivity contribution in [3.05, 3.63) is 121 Å². The maximum Gasteiger partial charge on any atom is 0.338 e. The summed E-state index contributed by atoms with van der Waals surface area (Å²) in [7, 11) is -2.00. The molecule has 3 aromatic rings. The fourth-order valence-electron chi connectivity index (χ4n) is 4.01. The molecule has 1 aliphatic heterocycles. The van der Waals surface area contributed by atoms with Crippen LogP contribution in [0.1, 0.15) is 40.0 Å². The minimum absolute atomic E-state index is 0.0331. The van der Waals surface area contributed by atoms with Crippen LogP contribution >= 0.6 is 0 Å². The van der Waals surface area contributed by atoms with E-state index in [1.165, 1.54) is 24.3 Å². The molecule has 1 heterocycles. The number of esters is 1. The van der Waals surface area contributed by atoms with E-state index in [0.717, 1.165) is 17.7 Å². The average molecular weight is 520 g/mol. The molecule has 1 aliphatic rings. The number of carbonyl (C=O) groups is 1. The second kappa shape index (κ2) is 12.1. The van der Waals surface area contributed by atoms with Crippen LogP contribution in [0.4, 0.5) is 0 Å². The fourth-order valence-corrected chi connectivity index (χ4v) is 5.26. The zero-order chi connectivity index (χ0) is 26.3. The van der Waals surface area contributed by atoms with E-state index in [1.807, 2.05) is 96.6 Å². The first-order valence-corrected chi connectivity index (χ1v) is 13.5. The first kappa shape index (κ1) is 26.4. The number of carbonyl (C=O) groups excluding carboxylic acids is 1. The normalized spacial score (nSPS) is 15.0. The molecule has 0 unspecified atom stereocenters. The van der Waals surface area contributed by atoms with Crippen LogP contribution in [-0.2, 0) is 14.8 Å². The lowest BCUT2D eigenvalue weighted by Crippen LogP contribution is -2.36. The lowest BCUT2D eigenvalue weighted by Gasteiger charge is -2.26. The first-order chi connectivity index (χ1) is 17.8. The fraction of sp³-hybridized carbons (Fsp3) is 0.214. The molecule has 8 nitrogen and oxygen atoms in total. The quantitative estimate of drug-likeness (QED) is 0.293. The third kappa shape index (κ3) is 6.97. The van der Waals surface area contributed by atoms with E-state index >= 15 is 0 Å². The Morgan fingerprint density at radius 2 is 1.54 bits per heavy atom. The van der Waals surface area contributed by atoms with Gasteiger partial charge < -0.3 is 20.3 Å². The number of rotatable bonds is 11. The summed E-state index contributed by atoms with van der Waals surface area (Å²) in [5, 5.41) is 0. The molecule has 9 heteroatoms. The Bertz CT molecular complexity index is 1300. The van der Waals surface area contributed by atoms with Crippen molar-refractivity contribution >= 4 is 16.0 Å². The molecule has 0 spiro atoms. The predicted octanol–water partition coefficient (Wildman–Crippen LogP) is 3.79. The molecule has 2 atom stereocenters. The third-order valence-corrected chi connectivity index (χ3v) is 7.46. The summed E-state index contributed by atoms with van der Waals surface area (Å²) >= 11 is 0. The molecule has 0 fully saturated rings. The second-order valence-corrected chi connectivity index (χ2v) is 10.5. The van der Waals surface area contributed by atoms with Gasteiger partial charge in [0, 0.05) is 26.0 Å². The minimum Gasteiger partial charge on any atom is -0.462 e. The van der Waals surface area contributed by atoms with Gasteiger partial charge in [-0.2, -0.15) is 0 Å². The number of benzene rings is 3. The van der Waals surface area contributed by atoms with Gasteiger partial charge in [0.1, 0.15) is 6.67 Å². The van der Waals surface area contributed by atoms with Crippen molar-refractivity contribution in [3.8, 4) is 0 Å². The van der Waals surface area contributed by atoms with Gasteiger partial charge in [0.2, 0.25) is 10.0 Å². The number of hydrogen-bond donors (Lipinski definition) is 2. The van der Waals surface area contributed by atoms with Gasteiger partial charge in [0.05, 0.1) is 29.1 Å². The molecule has 37 heavy (non-hydrogen) atoms. The van der Waals surface area contributed by atoms with Gasteiger partial charge in [-0.15, -0.1) is 0 Å². The number of nitrogens with zero attached hydrogens (tertiary/aromatic N) is 2. The Morgan fingerprint density at radius 1 is 0.919 bits per heavy atom. The van der Waals surface area contributed by atoms with Crippen LogP contribution in [-0.4, -0.2) is 44.4 Å². The summed E-state index contributed by atoms with van der Waals surface area (Å²) in [6.45, 7) is 2.94. The second-order valence-electron chi connectivity index (χ2n) is 8.78. The van der Waals surface area contributed by atoms with Crippen LogP contribution in [0.2, 0.25) is 0 Å². The Hall–Kier alpha value is -3.66. The van der Waals surface area contributed by atoms with E-state index in [2.05, 4.69) is 4.72 Å².